The van der Waals surface area contributed by atoms with Gasteiger partial charge in [-0.3, -0.25) is 0 Å². The first-order valence-corrected chi connectivity index (χ1v) is 11.6. The van der Waals surface area contributed by atoms with Crippen LogP contribution in [0.25, 0.3) is 5.69 Å². The molecule has 0 unspecified atom stereocenters. The largest absolute Gasteiger partial charge is 0.381 e. The number of aromatic nitrogens is 2. The van der Waals surface area contributed by atoms with Crippen LogP contribution >= 0.6 is 35.7 Å². The minimum absolute atomic E-state index is 0. The number of hydrogen-bond acceptors (Lipinski definition) is 4. The molecule has 1 fully saturated rings. The van der Waals surface area contributed by atoms with Gasteiger partial charge in [-0.2, -0.15) is 16.9 Å². The van der Waals surface area contributed by atoms with Crippen LogP contribution < -0.4 is 10.6 Å². The van der Waals surface area contributed by atoms with Crippen molar-refractivity contribution in [3.8, 4) is 5.69 Å². The van der Waals surface area contributed by atoms with Crippen LogP contribution in [0.4, 0.5) is 0 Å². The predicted octanol–water partition coefficient (Wildman–Crippen LogP) is 4.07. The lowest BCUT2D eigenvalue weighted by molar-refractivity contribution is 0.0783. The second kappa shape index (κ2) is 12.0. The van der Waals surface area contributed by atoms with Crippen LogP contribution in [0, 0.1) is 13.8 Å². The molecule has 1 saturated heterocycles. The van der Waals surface area contributed by atoms with E-state index in [0.29, 0.717) is 6.54 Å². The first-order chi connectivity index (χ1) is 14.1. The Morgan fingerprint density at radius 3 is 2.60 bits per heavy atom. The highest BCUT2D eigenvalue weighted by Gasteiger charge is 2.31. The van der Waals surface area contributed by atoms with Crippen molar-refractivity contribution in [2.75, 3.05) is 32.6 Å². The number of hydrogen-bond donors (Lipinski definition) is 2. The van der Waals surface area contributed by atoms with Gasteiger partial charge in [-0.05, 0) is 57.6 Å². The number of benzene rings is 1. The Morgan fingerprint density at radius 2 is 1.97 bits per heavy atom. The molecular weight excluding hydrogens is 509 g/mol. The van der Waals surface area contributed by atoms with E-state index in [1.54, 1.807) is 0 Å². The summed E-state index contributed by atoms with van der Waals surface area (Å²) >= 11 is 1.93. The van der Waals surface area contributed by atoms with Crippen molar-refractivity contribution in [2.45, 2.75) is 44.9 Å². The van der Waals surface area contributed by atoms with Crippen molar-refractivity contribution in [3.63, 3.8) is 0 Å². The topological polar surface area (TPSA) is 63.5 Å². The second-order valence-corrected chi connectivity index (χ2v) is 8.79. The van der Waals surface area contributed by atoms with Crippen LogP contribution in [0.15, 0.2) is 35.3 Å². The maximum Gasteiger partial charge on any atom is 0.191 e. The van der Waals surface area contributed by atoms with E-state index in [9.17, 15) is 0 Å². The van der Waals surface area contributed by atoms with Crippen LogP contribution in [-0.4, -0.2) is 53.0 Å². The van der Waals surface area contributed by atoms with Crippen molar-refractivity contribution in [2.24, 2.45) is 4.99 Å². The Balaban J connectivity index is 0.00000320. The lowest BCUT2D eigenvalue weighted by Gasteiger charge is -2.36. The molecule has 1 aliphatic rings. The van der Waals surface area contributed by atoms with Crippen molar-refractivity contribution in [1.29, 1.82) is 0 Å². The first kappa shape index (κ1) is 25.0. The molecule has 1 aromatic heterocycles. The third-order valence-electron chi connectivity index (χ3n) is 5.40. The fraction of sp³-hybridized carbons (Fsp3) is 0.545. The standard InChI is InChI=1S/C22H33N5OS.HI/c1-5-23-21(25-16-22(29-4)10-12-28-13-11-22)24-15-19-8-6-7-9-20(19)27-18(3)14-17(2)26-27;/h6-9,14H,5,10-13,15-16H2,1-4H3,(H2,23,24,25);1H. The Morgan fingerprint density at radius 1 is 1.23 bits per heavy atom. The van der Waals surface area contributed by atoms with Crippen LogP contribution in [-0.2, 0) is 11.3 Å². The molecule has 8 heteroatoms. The normalized spacial score (nSPS) is 16.1. The summed E-state index contributed by atoms with van der Waals surface area (Å²) in [6, 6.07) is 10.4. The first-order valence-electron chi connectivity index (χ1n) is 10.3. The Labute approximate surface area is 201 Å². The molecule has 1 aromatic carbocycles. The highest BCUT2D eigenvalue weighted by molar-refractivity contribution is 14.0. The number of nitrogens with zero attached hydrogens (tertiary/aromatic N) is 3. The molecule has 0 radical (unpaired) electrons. The monoisotopic (exact) mass is 543 g/mol. The van der Waals surface area contributed by atoms with Gasteiger partial charge in [0.05, 0.1) is 17.9 Å². The predicted molar refractivity (Wildman–Crippen MR) is 138 cm³/mol. The summed E-state index contributed by atoms with van der Waals surface area (Å²) in [5.74, 6) is 0.857. The van der Waals surface area contributed by atoms with Crippen LogP contribution in [0.5, 0.6) is 0 Å². The zero-order valence-electron chi connectivity index (χ0n) is 18.4. The number of aliphatic imine (C=N–C) groups is 1. The molecule has 0 spiro atoms. The number of para-hydroxylation sites is 1. The van der Waals surface area contributed by atoms with Crippen molar-refractivity contribution >= 4 is 41.7 Å². The van der Waals surface area contributed by atoms with Crippen LogP contribution in [0.2, 0.25) is 0 Å². The molecule has 0 saturated carbocycles. The maximum absolute atomic E-state index is 5.56. The Bertz CT molecular complexity index is 833. The molecule has 166 valence electrons. The molecule has 30 heavy (non-hydrogen) atoms. The average molecular weight is 544 g/mol. The summed E-state index contributed by atoms with van der Waals surface area (Å²) in [6.45, 7) is 10.2. The molecule has 2 heterocycles. The van der Waals surface area contributed by atoms with Crippen LogP contribution in [0.1, 0.15) is 36.7 Å². The van der Waals surface area contributed by atoms with Gasteiger partial charge in [0.2, 0.25) is 0 Å². The second-order valence-electron chi connectivity index (χ2n) is 7.52. The smallest absolute Gasteiger partial charge is 0.191 e. The zero-order valence-corrected chi connectivity index (χ0v) is 21.5. The van der Waals surface area contributed by atoms with Gasteiger partial charge in [0.15, 0.2) is 5.96 Å². The van der Waals surface area contributed by atoms with Crippen LogP contribution in [0.3, 0.4) is 0 Å². The zero-order chi connectivity index (χ0) is 20.7. The van der Waals surface area contributed by atoms with Gasteiger partial charge < -0.3 is 15.4 Å². The number of aryl methyl sites for hydroxylation is 2. The van der Waals surface area contributed by atoms with E-state index in [1.165, 1.54) is 0 Å². The van der Waals surface area contributed by atoms with E-state index < -0.39 is 0 Å². The van der Waals surface area contributed by atoms with Crippen molar-refractivity contribution in [1.82, 2.24) is 20.4 Å². The van der Waals surface area contributed by atoms with Gasteiger partial charge in [0, 0.05) is 36.7 Å². The molecule has 0 bridgehead atoms. The molecule has 2 N–H and O–H groups in total. The number of nitrogens with one attached hydrogen (secondary N) is 2. The molecule has 0 aliphatic carbocycles. The molecule has 0 atom stereocenters. The SMILES string of the molecule is CCNC(=NCc1ccccc1-n1nc(C)cc1C)NCC1(SC)CCOCC1.I. The van der Waals surface area contributed by atoms with E-state index in [1.807, 2.05) is 23.4 Å². The van der Waals surface area contributed by atoms with E-state index in [4.69, 9.17) is 9.73 Å². The van der Waals surface area contributed by atoms with Gasteiger partial charge in [0.1, 0.15) is 0 Å². The number of ether oxygens (including phenoxy) is 1. The summed E-state index contributed by atoms with van der Waals surface area (Å²) in [7, 11) is 0. The number of thioether (sulfide) groups is 1. The minimum Gasteiger partial charge on any atom is -0.381 e. The average Bonchev–Trinajstić information content (AvgIpc) is 3.08. The Hall–Kier alpha value is -1.26. The summed E-state index contributed by atoms with van der Waals surface area (Å²) in [4.78, 5) is 4.87. The molecule has 2 aromatic rings. The quantitative estimate of drug-likeness (QED) is 0.313. The van der Waals surface area contributed by atoms with Gasteiger partial charge in [-0.15, -0.1) is 24.0 Å². The molecule has 1 aliphatic heterocycles. The number of rotatable bonds is 7. The summed E-state index contributed by atoms with van der Waals surface area (Å²) in [6.07, 6.45) is 4.34. The number of halogens is 1. The van der Waals surface area contributed by atoms with E-state index in [2.05, 4.69) is 66.2 Å². The fourth-order valence-electron chi connectivity index (χ4n) is 3.67. The van der Waals surface area contributed by atoms with Gasteiger partial charge in [0.25, 0.3) is 0 Å². The summed E-state index contributed by atoms with van der Waals surface area (Å²) in [5.41, 5.74) is 4.39. The molecular formula is C22H34IN5OS. The van der Waals surface area contributed by atoms with Gasteiger partial charge >= 0.3 is 0 Å². The summed E-state index contributed by atoms with van der Waals surface area (Å²) < 4.78 is 7.78. The number of guanidine groups is 1. The molecule has 3 rings (SSSR count). The van der Waals surface area contributed by atoms with Gasteiger partial charge in [-0.1, -0.05) is 18.2 Å². The van der Waals surface area contributed by atoms with Crippen molar-refractivity contribution in [3.05, 3.63) is 47.3 Å². The van der Waals surface area contributed by atoms with Crippen molar-refractivity contribution < 1.29 is 4.74 Å². The lowest BCUT2D eigenvalue weighted by Crippen LogP contribution is -2.47. The van der Waals surface area contributed by atoms with E-state index in [-0.39, 0.29) is 28.7 Å². The molecule has 0 amide bonds. The highest BCUT2D eigenvalue weighted by Crippen LogP contribution is 2.33. The highest BCUT2D eigenvalue weighted by atomic mass is 127. The fourth-order valence-corrected chi connectivity index (χ4v) is 4.46. The maximum atomic E-state index is 5.56. The van der Waals surface area contributed by atoms with E-state index in [0.717, 1.165) is 67.7 Å². The van der Waals surface area contributed by atoms with Gasteiger partial charge in [-0.25, -0.2) is 9.67 Å². The molecule has 6 nitrogen and oxygen atoms in total. The minimum atomic E-state index is 0. The third kappa shape index (κ3) is 6.37. The van der Waals surface area contributed by atoms with E-state index >= 15 is 0 Å². The Kier molecular flexibility index (Phi) is 9.96. The lowest BCUT2D eigenvalue weighted by atomic mass is 9.99. The summed E-state index contributed by atoms with van der Waals surface area (Å²) in [5, 5.41) is 11.6. The third-order valence-corrected chi connectivity index (χ3v) is 6.81.